The van der Waals surface area contributed by atoms with Crippen molar-refractivity contribution < 1.29 is 24.5 Å². The molecule has 8 nitrogen and oxygen atoms in total. The minimum Gasteiger partial charge on any atom is -0.461 e. The number of hydrogen-bond acceptors (Lipinski definition) is 6. The summed E-state index contributed by atoms with van der Waals surface area (Å²) >= 11 is 0. The van der Waals surface area contributed by atoms with E-state index in [4.69, 9.17) is 10.3 Å². The third kappa shape index (κ3) is 3.88. The molecule has 4 aliphatic rings. The maximum atomic E-state index is 13.2. The van der Waals surface area contributed by atoms with Crippen LogP contribution in [0.2, 0.25) is 0 Å². The van der Waals surface area contributed by atoms with Crippen LogP contribution in [0, 0.1) is 40.4 Å². The predicted octanol–water partition coefficient (Wildman–Crippen LogP) is 4.18. The molecule has 0 saturated heterocycles. The van der Waals surface area contributed by atoms with E-state index in [0.29, 0.717) is 25.2 Å². The fraction of sp³-hybridized carbons (Fsp3) is 0.920. The zero-order chi connectivity index (χ0) is 24.1. The molecule has 0 heterocycles. The van der Waals surface area contributed by atoms with E-state index >= 15 is 0 Å². The molecule has 184 valence electrons. The van der Waals surface area contributed by atoms with E-state index in [1.165, 1.54) is 0 Å². The molecule has 33 heavy (non-hydrogen) atoms. The molecule has 0 aromatic heterocycles. The first-order chi connectivity index (χ1) is 15.6. The number of aliphatic hydroxyl groups is 2. The highest BCUT2D eigenvalue weighted by molar-refractivity contribution is 5.83. The standard InChI is InChI=1S/C25H39N3O5/c1-5-13(2)22(27-28-26)23(32)33-21-7-6-15-14-10-18(29)17-11-19(30)20(31)12-25(17,4)16(14)8-9-24(15,21)3/h13-17,19-22,30-31H,5-12H2,1-4H3/t13?,14-,15-,16-,17+,19-,20+,21-,22-,24-,25+/m0/s1. The number of esters is 1. The van der Waals surface area contributed by atoms with Gasteiger partial charge in [0.05, 0.1) is 12.2 Å². The highest BCUT2D eigenvalue weighted by Gasteiger charge is 2.63. The molecule has 4 aliphatic carbocycles. The molecular weight excluding hydrogens is 422 g/mol. The van der Waals surface area contributed by atoms with Crippen molar-refractivity contribution >= 4 is 11.8 Å². The molecule has 0 aromatic rings. The second kappa shape index (κ2) is 8.86. The molecule has 2 N–H and O–H groups in total. The molecular formula is C25H39N3O5. The van der Waals surface area contributed by atoms with Gasteiger partial charge < -0.3 is 14.9 Å². The van der Waals surface area contributed by atoms with Crippen molar-refractivity contribution in [1.29, 1.82) is 0 Å². The smallest absolute Gasteiger partial charge is 0.315 e. The minimum atomic E-state index is -0.817. The molecule has 0 aromatic carbocycles. The summed E-state index contributed by atoms with van der Waals surface area (Å²) in [4.78, 5) is 29.1. The third-order valence-electron chi connectivity index (χ3n) is 10.2. The number of Topliss-reactive ketones (excluding diaryl/α,β-unsaturated/α-hetero) is 1. The van der Waals surface area contributed by atoms with Gasteiger partial charge in [0.2, 0.25) is 0 Å². The Morgan fingerprint density at radius 2 is 1.91 bits per heavy atom. The number of carbonyl (C=O) groups excluding carboxylic acids is 2. The zero-order valence-electron chi connectivity index (χ0n) is 20.3. The van der Waals surface area contributed by atoms with Crippen LogP contribution in [0.4, 0.5) is 0 Å². The van der Waals surface area contributed by atoms with Gasteiger partial charge in [0.25, 0.3) is 0 Å². The van der Waals surface area contributed by atoms with Crippen molar-refractivity contribution in [1.82, 2.24) is 0 Å². The van der Waals surface area contributed by atoms with E-state index in [1.807, 2.05) is 13.8 Å². The second-order valence-electron chi connectivity index (χ2n) is 11.8. The largest absolute Gasteiger partial charge is 0.461 e. The SMILES string of the molecule is CCC(C)[C@H](N=[N+]=[N-])C(=O)O[C@H]1CC[C@H]2[C@@H]3CC(=O)[C@H]4C[C@H](O)[C@H](O)C[C@]4(C)[C@H]3CC[C@]12C. The Morgan fingerprint density at radius 3 is 2.58 bits per heavy atom. The van der Waals surface area contributed by atoms with Crippen molar-refractivity contribution in [2.45, 2.75) is 103 Å². The van der Waals surface area contributed by atoms with Crippen molar-refractivity contribution in [3.8, 4) is 0 Å². The van der Waals surface area contributed by atoms with E-state index in [1.54, 1.807) is 0 Å². The number of nitrogens with zero attached hydrogens (tertiary/aromatic N) is 3. The molecule has 0 aliphatic heterocycles. The molecule has 4 saturated carbocycles. The fourth-order valence-corrected chi connectivity index (χ4v) is 8.10. The van der Waals surface area contributed by atoms with Gasteiger partial charge in [-0.2, -0.15) is 0 Å². The molecule has 4 fully saturated rings. The van der Waals surface area contributed by atoms with Gasteiger partial charge in [-0.15, -0.1) is 0 Å². The third-order valence-corrected chi connectivity index (χ3v) is 10.2. The van der Waals surface area contributed by atoms with Crippen LogP contribution in [0.25, 0.3) is 10.4 Å². The van der Waals surface area contributed by atoms with Crippen molar-refractivity contribution in [3.63, 3.8) is 0 Å². The van der Waals surface area contributed by atoms with Gasteiger partial charge in [0, 0.05) is 22.7 Å². The maximum Gasteiger partial charge on any atom is 0.315 e. The van der Waals surface area contributed by atoms with Gasteiger partial charge in [0.15, 0.2) is 0 Å². The Morgan fingerprint density at radius 1 is 1.21 bits per heavy atom. The molecule has 8 heteroatoms. The van der Waals surface area contributed by atoms with Gasteiger partial charge >= 0.3 is 5.97 Å². The van der Waals surface area contributed by atoms with Crippen molar-refractivity contribution in [2.75, 3.05) is 0 Å². The highest BCUT2D eigenvalue weighted by Crippen LogP contribution is 2.65. The van der Waals surface area contributed by atoms with Crippen LogP contribution >= 0.6 is 0 Å². The monoisotopic (exact) mass is 461 g/mol. The number of carbonyl (C=O) groups is 2. The van der Waals surface area contributed by atoms with Crippen LogP contribution in [0.1, 0.15) is 79.1 Å². The average Bonchev–Trinajstić information content (AvgIpc) is 3.09. The molecule has 4 rings (SSSR count). The summed E-state index contributed by atoms with van der Waals surface area (Å²) in [5.41, 5.74) is 8.42. The van der Waals surface area contributed by atoms with Gasteiger partial charge in [-0.3, -0.25) is 9.59 Å². The van der Waals surface area contributed by atoms with Crippen LogP contribution < -0.4 is 0 Å². The van der Waals surface area contributed by atoms with E-state index in [0.717, 1.165) is 32.1 Å². The molecule has 0 radical (unpaired) electrons. The summed E-state index contributed by atoms with van der Waals surface area (Å²) in [5, 5.41) is 24.4. The van der Waals surface area contributed by atoms with Crippen LogP contribution in [0.3, 0.4) is 0 Å². The normalized spacial score (nSPS) is 46.2. The van der Waals surface area contributed by atoms with Crippen LogP contribution in [0.15, 0.2) is 5.11 Å². The Kier molecular flexibility index (Phi) is 6.58. The van der Waals surface area contributed by atoms with E-state index < -0.39 is 24.2 Å². The van der Waals surface area contributed by atoms with Crippen LogP contribution in [0.5, 0.6) is 0 Å². The first-order valence-corrected chi connectivity index (χ1v) is 12.7. The summed E-state index contributed by atoms with van der Waals surface area (Å²) < 4.78 is 6.03. The summed E-state index contributed by atoms with van der Waals surface area (Å²) in [6.45, 7) is 8.20. The first kappa shape index (κ1) is 24.5. The Labute approximate surface area is 196 Å². The quantitative estimate of drug-likeness (QED) is 0.274. The van der Waals surface area contributed by atoms with Gasteiger partial charge in [0.1, 0.15) is 17.9 Å². The summed E-state index contributed by atoms with van der Waals surface area (Å²) in [6.07, 6.45) is 3.73. The van der Waals surface area contributed by atoms with Crippen molar-refractivity contribution in [3.05, 3.63) is 10.4 Å². The molecule has 0 spiro atoms. The van der Waals surface area contributed by atoms with Gasteiger partial charge in [-0.05, 0) is 73.1 Å². The topological polar surface area (TPSA) is 133 Å². The number of ether oxygens (including phenoxy) is 1. The number of rotatable bonds is 5. The Balaban J connectivity index is 1.54. The number of fused-ring (bicyclic) bond motifs is 5. The molecule has 0 amide bonds. The van der Waals surface area contributed by atoms with Crippen molar-refractivity contribution in [2.24, 2.45) is 45.5 Å². The lowest BCUT2D eigenvalue weighted by molar-refractivity contribution is -0.181. The number of azide groups is 1. The average molecular weight is 462 g/mol. The predicted molar refractivity (Wildman–Crippen MR) is 122 cm³/mol. The van der Waals surface area contributed by atoms with Crippen LogP contribution in [-0.4, -0.2) is 46.3 Å². The number of hydrogen-bond donors (Lipinski definition) is 2. The summed E-state index contributed by atoms with van der Waals surface area (Å²) in [5.74, 6) is 0.326. The Hall–Kier alpha value is -1.63. The Bertz CT molecular complexity index is 844. The maximum absolute atomic E-state index is 13.2. The van der Waals surface area contributed by atoms with E-state index in [2.05, 4.69) is 23.9 Å². The van der Waals surface area contributed by atoms with E-state index in [9.17, 15) is 19.8 Å². The van der Waals surface area contributed by atoms with E-state index in [-0.39, 0.29) is 46.4 Å². The first-order valence-electron chi connectivity index (χ1n) is 12.7. The lowest BCUT2D eigenvalue weighted by atomic mass is 9.44. The van der Waals surface area contributed by atoms with Crippen LogP contribution in [-0.2, 0) is 14.3 Å². The fourth-order valence-electron chi connectivity index (χ4n) is 8.10. The highest BCUT2D eigenvalue weighted by atomic mass is 16.5. The lowest BCUT2D eigenvalue weighted by Crippen LogP contribution is -2.59. The molecule has 11 atom stereocenters. The molecule has 0 bridgehead atoms. The van der Waals surface area contributed by atoms with Gasteiger partial charge in [-0.1, -0.05) is 39.2 Å². The lowest BCUT2D eigenvalue weighted by Gasteiger charge is -2.60. The minimum absolute atomic E-state index is 0.0879. The summed E-state index contributed by atoms with van der Waals surface area (Å²) in [7, 11) is 0. The molecule has 1 unspecified atom stereocenters. The zero-order valence-corrected chi connectivity index (χ0v) is 20.3. The summed E-state index contributed by atoms with van der Waals surface area (Å²) in [6, 6.07) is -0.815. The number of aliphatic hydroxyl groups excluding tert-OH is 2. The van der Waals surface area contributed by atoms with Gasteiger partial charge in [-0.25, -0.2) is 0 Å². The second-order valence-corrected chi connectivity index (χ2v) is 11.8. The number of ketones is 1.